The van der Waals surface area contributed by atoms with E-state index >= 15 is 0 Å². The number of hydrogen-bond donors (Lipinski definition) is 1. The molecule has 0 atom stereocenters. The van der Waals surface area contributed by atoms with Crippen molar-refractivity contribution in [1.82, 2.24) is 10.2 Å². The summed E-state index contributed by atoms with van der Waals surface area (Å²) in [5.41, 5.74) is -0.117. The molecule has 1 heterocycles. The van der Waals surface area contributed by atoms with Gasteiger partial charge in [0.25, 0.3) is 5.91 Å². The predicted octanol–water partition coefficient (Wildman–Crippen LogP) is 2.95. The van der Waals surface area contributed by atoms with Gasteiger partial charge in [0.05, 0.1) is 0 Å². The van der Waals surface area contributed by atoms with Crippen molar-refractivity contribution in [3.63, 3.8) is 0 Å². The van der Waals surface area contributed by atoms with Crippen molar-refractivity contribution in [3.05, 3.63) is 42.5 Å². The molecule has 1 spiro atoms. The van der Waals surface area contributed by atoms with E-state index in [1.807, 2.05) is 4.90 Å². The Morgan fingerprint density at radius 3 is 2.78 bits per heavy atom. The van der Waals surface area contributed by atoms with E-state index in [9.17, 15) is 18.4 Å². The molecule has 0 radical (unpaired) electrons. The predicted molar refractivity (Wildman–Crippen MR) is 96.1 cm³/mol. The van der Waals surface area contributed by atoms with Gasteiger partial charge in [0.1, 0.15) is 5.82 Å². The number of benzene rings is 1. The quantitative estimate of drug-likeness (QED) is 0.775. The molecule has 1 aromatic carbocycles. The Kier molecular flexibility index (Phi) is 5.77. The van der Waals surface area contributed by atoms with Crippen LogP contribution in [0.3, 0.4) is 0 Å². The summed E-state index contributed by atoms with van der Waals surface area (Å²) in [6, 6.07) is 2.86. The van der Waals surface area contributed by atoms with E-state index in [2.05, 4.69) is 11.9 Å². The number of nitrogens with zero attached hydrogens (tertiary/aromatic N) is 1. The van der Waals surface area contributed by atoms with Crippen LogP contribution in [0.1, 0.15) is 38.5 Å². The summed E-state index contributed by atoms with van der Waals surface area (Å²) in [7, 11) is 0. The number of halogens is 2. The fourth-order valence-corrected chi connectivity index (χ4v) is 4.12. The van der Waals surface area contributed by atoms with Crippen molar-refractivity contribution in [2.45, 2.75) is 50.1 Å². The molecule has 1 aromatic rings. The second-order valence-corrected chi connectivity index (χ2v) is 7.22. The first kappa shape index (κ1) is 19.3. The summed E-state index contributed by atoms with van der Waals surface area (Å²) in [5, 5.41) is 2.88. The monoisotopic (exact) mass is 378 g/mol. The van der Waals surface area contributed by atoms with Gasteiger partial charge in [0.2, 0.25) is 5.91 Å². The summed E-state index contributed by atoms with van der Waals surface area (Å²) in [6.45, 7) is 3.92. The Hall–Kier alpha value is -2.44. The fourth-order valence-electron chi connectivity index (χ4n) is 4.12. The zero-order valence-corrected chi connectivity index (χ0v) is 15.2. The Morgan fingerprint density at radius 1 is 1.33 bits per heavy atom. The van der Waals surface area contributed by atoms with Crippen molar-refractivity contribution in [2.24, 2.45) is 0 Å². The normalized spacial score (nSPS) is 24.9. The Bertz CT molecular complexity index is 730. The van der Waals surface area contributed by atoms with Gasteiger partial charge in [-0.1, -0.05) is 6.08 Å². The summed E-state index contributed by atoms with van der Waals surface area (Å²) >= 11 is 0. The Morgan fingerprint density at radius 2 is 2.07 bits per heavy atom. The molecule has 2 fully saturated rings. The van der Waals surface area contributed by atoms with E-state index in [-0.39, 0.29) is 35.8 Å². The van der Waals surface area contributed by atoms with E-state index in [1.54, 1.807) is 6.08 Å². The number of amides is 2. The minimum Gasteiger partial charge on any atom is -0.481 e. The molecular formula is C20H24F2N2O3. The van der Waals surface area contributed by atoms with E-state index < -0.39 is 11.6 Å². The van der Waals surface area contributed by atoms with Crippen LogP contribution in [-0.2, 0) is 9.59 Å². The maximum Gasteiger partial charge on any atom is 0.258 e. The molecule has 3 rings (SSSR count). The number of hydrogen-bond acceptors (Lipinski definition) is 3. The maximum absolute atomic E-state index is 13.5. The van der Waals surface area contributed by atoms with Gasteiger partial charge in [-0.25, -0.2) is 8.78 Å². The molecule has 0 aromatic heterocycles. The molecule has 1 aliphatic heterocycles. The van der Waals surface area contributed by atoms with Crippen LogP contribution in [-0.4, -0.2) is 41.4 Å². The highest BCUT2D eigenvalue weighted by Gasteiger charge is 2.46. The molecule has 0 bridgehead atoms. The van der Waals surface area contributed by atoms with Crippen LogP contribution in [0.4, 0.5) is 8.78 Å². The number of nitrogens with one attached hydrogen (secondary N) is 1. The van der Waals surface area contributed by atoms with Gasteiger partial charge in [-0.15, -0.1) is 6.58 Å². The van der Waals surface area contributed by atoms with Gasteiger partial charge in [-0.05, 0) is 44.2 Å². The number of likely N-dealkylation sites (tertiary alicyclic amines) is 1. The van der Waals surface area contributed by atoms with Crippen molar-refractivity contribution < 1.29 is 23.1 Å². The van der Waals surface area contributed by atoms with Crippen LogP contribution in [0.2, 0.25) is 0 Å². The van der Waals surface area contributed by atoms with Crippen LogP contribution >= 0.6 is 0 Å². The second kappa shape index (κ2) is 8.06. The van der Waals surface area contributed by atoms with E-state index in [0.29, 0.717) is 13.0 Å². The SMILES string of the molecule is C=CCN1C(=O)CCC12CCC(NC(=O)COc1cc(F)ccc1F)CC2. The van der Waals surface area contributed by atoms with Crippen LogP contribution in [0.5, 0.6) is 5.75 Å². The smallest absolute Gasteiger partial charge is 0.258 e. The summed E-state index contributed by atoms with van der Waals surface area (Å²) < 4.78 is 31.7. The number of rotatable bonds is 6. The summed E-state index contributed by atoms with van der Waals surface area (Å²) in [5.74, 6) is -1.82. The average Bonchev–Trinajstić information content (AvgIpc) is 2.95. The number of carbonyl (C=O) groups is 2. The third-order valence-electron chi connectivity index (χ3n) is 5.52. The van der Waals surface area contributed by atoms with Crippen LogP contribution in [0.15, 0.2) is 30.9 Å². The molecular weight excluding hydrogens is 354 g/mol. The highest BCUT2D eigenvalue weighted by molar-refractivity contribution is 5.80. The minimum absolute atomic E-state index is 0.00892. The number of carbonyl (C=O) groups excluding carboxylic acids is 2. The standard InChI is InChI=1S/C20H24F2N2O3/c1-2-11-24-19(26)7-10-20(24)8-5-15(6-9-20)23-18(25)13-27-17-12-14(21)3-4-16(17)22/h2-4,12,15H,1,5-11,13H2,(H,23,25). The van der Waals surface area contributed by atoms with Crippen molar-refractivity contribution in [2.75, 3.05) is 13.2 Å². The fraction of sp³-hybridized carbons (Fsp3) is 0.500. The topological polar surface area (TPSA) is 58.6 Å². The molecule has 1 aliphatic carbocycles. The summed E-state index contributed by atoms with van der Waals surface area (Å²) in [6.07, 6.45) is 6.36. The zero-order chi connectivity index (χ0) is 19.4. The molecule has 1 saturated heterocycles. The van der Waals surface area contributed by atoms with E-state index in [4.69, 9.17) is 4.74 Å². The first-order valence-corrected chi connectivity index (χ1v) is 9.22. The van der Waals surface area contributed by atoms with Crippen molar-refractivity contribution in [1.29, 1.82) is 0 Å². The highest BCUT2D eigenvalue weighted by atomic mass is 19.1. The lowest BCUT2D eigenvalue weighted by molar-refractivity contribution is -0.132. The molecule has 2 aliphatic rings. The summed E-state index contributed by atoms with van der Waals surface area (Å²) in [4.78, 5) is 26.1. The average molecular weight is 378 g/mol. The lowest BCUT2D eigenvalue weighted by atomic mass is 9.77. The largest absolute Gasteiger partial charge is 0.481 e. The molecule has 1 N–H and O–H groups in total. The second-order valence-electron chi connectivity index (χ2n) is 7.22. The van der Waals surface area contributed by atoms with Crippen molar-refractivity contribution >= 4 is 11.8 Å². The molecule has 1 saturated carbocycles. The number of ether oxygens (including phenoxy) is 1. The van der Waals surface area contributed by atoms with Gasteiger partial charge >= 0.3 is 0 Å². The lowest BCUT2D eigenvalue weighted by Gasteiger charge is -2.43. The van der Waals surface area contributed by atoms with Gasteiger partial charge in [-0.2, -0.15) is 0 Å². The maximum atomic E-state index is 13.5. The van der Waals surface area contributed by atoms with Crippen LogP contribution in [0, 0.1) is 11.6 Å². The van der Waals surface area contributed by atoms with Gasteiger partial charge in [-0.3, -0.25) is 9.59 Å². The first-order chi connectivity index (χ1) is 12.9. The van der Waals surface area contributed by atoms with Crippen molar-refractivity contribution in [3.8, 4) is 5.75 Å². The zero-order valence-electron chi connectivity index (χ0n) is 15.2. The molecule has 2 amide bonds. The third-order valence-corrected chi connectivity index (χ3v) is 5.52. The Labute approximate surface area is 157 Å². The van der Waals surface area contributed by atoms with E-state index in [0.717, 1.165) is 50.3 Å². The van der Waals surface area contributed by atoms with Crippen LogP contribution < -0.4 is 10.1 Å². The molecule has 0 unspecified atom stereocenters. The van der Waals surface area contributed by atoms with Crippen LogP contribution in [0.25, 0.3) is 0 Å². The molecule has 5 nitrogen and oxygen atoms in total. The molecule has 27 heavy (non-hydrogen) atoms. The van der Waals surface area contributed by atoms with Gasteiger partial charge in [0.15, 0.2) is 18.2 Å². The van der Waals surface area contributed by atoms with E-state index in [1.165, 1.54) is 0 Å². The van der Waals surface area contributed by atoms with Gasteiger partial charge in [0, 0.05) is 30.6 Å². The Balaban J connectivity index is 1.49. The van der Waals surface area contributed by atoms with Gasteiger partial charge < -0.3 is 15.0 Å². The first-order valence-electron chi connectivity index (χ1n) is 9.22. The minimum atomic E-state index is -0.711. The highest BCUT2D eigenvalue weighted by Crippen LogP contribution is 2.42. The lowest BCUT2D eigenvalue weighted by Crippen LogP contribution is -2.51. The molecule has 146 valence electrons. The molecule has 7 heteroatoms. The third kappa shape index (κ3) is 4.28.